The highest BCUT2D eigenvalue weighted by Crippen LogP contribution is 2.20. The second-order valence-electron chi connectivity index (χ2n) is 8.54. The summed E-state index contributed by atoms with van der Waals surface area (Å²) in [6, 6.07) is 10.3. The van der Waals surface area contributed by atoms with Crippen molar-refractivity contribution in [3.63, 3.8) is 0 Å². The molecule has 1 aliphatic rings. The lowest BCUT2D eigenvalue weighted by atomic mass is 9.97. The first kappa shape index (κ1) is 24.6. The standard InChI is InChI=1S/C22H33N5O2.HI/c1-5-23-21(24-13-19-25-20(29-26-19)22(2,3)4)27-12-11-18(14-27)16-28-15-17-9-7-6-8-10-17;/h6-10,18H,5,11-16H2,1-4H3,(H,23,24);1H. The smallest absolute Gasteiger partial charge is 0.232 e. The predicted molar refractivity (Wildman–Crippen MR) is 129 cm³/mol. The molecule has 1 unspecified atom stereocenters. The van der Waals surface area contributed by atoms with Gasteiger partial charge in [-0.05, 0) is 18.9 Å². The Balaban J connectivity index is 0.00000320. The van der Waals surface area contributed by atoms with Crippen molar-refractivity contribution in [3.8, 4) is 0 Å². The Morgan fingerprint density at radius 2 is 2.07 bits per heavy atom. The van der Waals surface area contributed by atoms with Crippen molar-refractivity contribution in [2.75, 3.05) is 26.2 Å². The van der Waals surface area contributed by atoms with E-state index in [4.69, 9.17) is 14.3 Å². The fourth-order valence-corrected chi connectivity index (χ4v) is 3.27. The van der Waals surface area contributed by atoms with Crippen LogP contribution in [0.4, 0.5) is 0 Å². The molecule has 1 N–H and O–H groups in total. The molecule has 1 saturated heterocycles. The SMILES string of the molecule is CCNC(=NCc1noc(C(C)(C)C)n1)N1CCC(COCc2ccccc2)C1.I. The molecule has 30 heavy (non-hydrogen) atoms. The number of likely N-dealkylation sites (tertiary alicyclic amines) is 1. The largest absolute Gasteiger partial charge is 0.376 e. The topological polar surface area (TPSA) is 75.8 Å². The van der Waals surface area contributed by atoms with E-state index in [0.29, 0.717) is 30.8 Å². The van der Waals surface area contributed by atoms with Crippen LogP contribution in [0.5, 0.6) is 0 Å². The van der Waals surface area contributed by atoms with Gasteiger partial charge in [-0.3, -0.25) is 0 Å². The number of benzene rings is 1. The Morgan fingerprint density at radius 3 is 2.73 bits per heavy atom. The van der Waals surface area contributed by atoms with Gasteiger partial charge >= 0.3 is 0 Å². The van der Waals surface area contributed by atoms with Crippen molar-refractivity contribution in [2.45, 2.75) is 52.7 Å². The number of guanidine groups is 1. The van der Waals surface area contributed by atoms with Crippen molar-refractivity contribution in [2.24, 2.45) is 10.9 Å². The van der Waals surface area contributed by atoms with Crippen LogP contribution < -0.4 is 5.32 Å². The molecule has 8 heteroatoms. The van der Waals surface area contributed by atoms with E-state index in [-0.39, 0.29) is 29.4 Å². The van der Waals surface area contributed by atoms with Gasteiger partial charge in [-0.1, -0.05) is 56.3 Å². The maximum absolute atomic E-state index is 5.94. The second kappa shape index (κ2) is 11.6. The van der Waals surface area contributed by atoms with E-state index in [2.05, 4.69) is 60.2 Å². The van der Waals surface area contributed by atoms with Crippen LogP contribution in [0.25, 0.3) is 0 Å². The van der Waals surface area contributed by atoms with E-state index < -0.39 is 0 Å². The number of nitrogens with one attached hydrogen (secondary N) is 1. The minimum atomic E-state index is -0.151. The third-order valence-electron chi connectivity index (χ3n) is 4.87. The average Bonchev–Trinajstić information content (AvgIpc) is 3.36. The molecule has 3 rings (SSSR count). The van der Waals surface area contributed by atoms with E-state index in [1.807, 2.05) is 18.2 Å². The van der Waals surface area contributed by atoms with Gasteiger partial charge in [0.15, 0.2) is 11.8 Å². The minimum absolute atomic E-state index is 0. The molecule has 0 saturated carbocycles. The lowest BCUT2D eigenvalue weighted by Crippen LogP contribution is -2.40. The third-order valence-corrected chi connectivity index (χ3v) is 4.87. The molecule has 166 valence electrons. The Hall–Kier alpha value is -1.68. The fourth-order valence-electron chi connectivity index (χ4n) is 3.27. The van der Waals surface area contributed by atoms with Crippen LogP contribution in [0.2, 0.25) is 0 Å². The summed E-state index contributed by atoms with van der Waals surface area (Å²) in [5.41, 5.74) is 1.06. The number of ether oxygens (including phenoxy) is 1. The van der Waals surface area contributed by atoms with Crippen LogP contribution in [-0.2, 0) is 23.3 Å². The number of rotatable bonds is 7. The molecule has 1 atom stereocenters. The van der Waals surface area contributed by atoms with Crippen LogP contribution >= 0.6 is 24.0 Å². The Kier molecular flexibility index (Phi) is 9.54. The van der Waals surface area contributed by atoms with E-state index in [9.17, 15) is 0 Å². The van der Waals surface area contributed by atoms with Gasteiger partial charge in [0.25, 0.3) is 0 Å². The normalized spacial score (nSPS) is 17.1. The molecule has 0 bridgehead atoms. The lowest BCUT2D eigenvalue weighted by Gasteiger charge is -2.21. The van der Waals surface area contributed by atoms with Crippen molar-refractivity contribution in [1.29, 1.82) is 0 Å². The van der Waals surface area contributed by atoms with Crippen LogP contribution in [0.15, 0.2) is 39.8 Å². The number of nitrogens with zero attached hydrogens (tertiary/aromatic N) is 4. The number of aromatic nitrogens is 2. The molecule has 0 spiro atoms. The maximum Gasteiger partial charge on any atom is 0.232 e. The Labute approximate surface area is 196 Å². The third kappa shape index (κ3) is 7.23. The Morgan fingerprint density at radius 1 is 1.30 bits per heavy atom. The van der Waals surface area contributed by atoms with Gasteiger partial charge in [0.1, 0.15) is 6.54 Å². The lowest BCUT2D eigenvalue weighted by molar-refractivity contribution is 0.0906. The highest BCUT2D eigenvalue weighted by atomic mass is 127. The molecule has 2 heterocycles. The molecule has 1 fully saturated rings. The zero-order valence-electron chi connectivity index (χ0n) is 18.4. The molecule has 1 aromatic carbocycles. The first-order valence-corrected chi connectivity index (χ1v) is 10.4. The summed E-state index contributed by atoms with van der Waals surface area (Å²) < 4.78 is 11.3. The number of hydrogen-bond donors (Lipinski definition) is 1. The van der Waals surface area contributed by atoms with Gasteiger partial charge in [-0.15, -0.1) is 24.0 Å². The van der Waals surface area contributed by atoms with Gasteiger partial charge in [0.05, 0.1) is 13.2 Å². The van der Waals surface area contributed by atoms with Crippen LogP contribution in [0, 0.1) is 5.92 Å². The maximum atomic E-state index is 5.94. The van der Waals surface area contributed by atoms with E-state index >= 15 is 0 Å². The summed E-state index contributed by atoms with van der Waals surface area (Å²) >= 11 is 0. The monoisotopic (exact) mass is 527 g/mol. The second-order valence-corrected chi connectivity index (χ2v) is 8.54. The minimum Gasteiger partial charge on any atom is -0.376 e. The first-order chi connectivity index (χ1) is 14.0. The van der Waals surface area contributed by atoms with Crippen molar-refractivity contribution >= 4 is 29.9 Å². The van der Waals surface area contributed by atoms with Crippen LogP contribution in [0.1, 0.15) is 51.4 Å². The summed E-state index contributed by atoms with van der Waals surface area (Å²) in [4.78, 5) is 11.5. The van der Waals surface area contributed by atoms with E-state index in [0.717, 1.165) is 38.6 Å². The van der Waals surface area contributed by atoms with Gasteiger partial charge in [-0.2, -0.15) is 4.98 Å². The molecule has 7 nitrogen and oxygen atoms in total. The fraction of sp³-hybridized carbons (Fsp3) is 0.591. The summed E-state index contributed by atoms with van der Waals surface area (Å²) in [5, 5.41) is 7.45. The van der Waals surface area contributed by atoms with E-state index in [1.165, 1.54) is 5.56 Å². The van der Waals surface area contributed by atoms with Crippen LogP contribution in [0.3, 0.4) is 0 Å². The molecule has 0 radical (unpaired) electrons. The Bertz CT molecular complexity index is 788. The quantitative estimate of drug-likeness (QED) is 0.334. The van der Waals surface area contributed by atoms with Gasteiger partial charge in [0, 0.05) is 31.0 Å². The van der Waals surface area contributed by atoms with E-state index in [1.54, 1.807) is 0 Å². The van der Waals surface area contributed by atoms with Gasteiger partial charge < -0.3 is 19.5 Å². The highest BCUT2D eigenvalue weighted by molar-refractivity contribution is 14.0. The van der Waals surface area contributed by atoms with Crippen molar-refractivity contribution in [3.05, 3.63) is 47.6 Å². The number of hydrogen-bond acceptors (Lipinski definition) is 5. The average molecular weight is 527 g/mol. The molecule has 0 aliphatic carbocycles. The zero-order chi connectivity index (χ0) is 20.7. The molecule has 1 aliphatic heterocycles. The molecular formula is C22H34IN5O2. The van der Waals surface area contributed by atoms with Gasteiger partial charge in [-0.25, -0.2) is 4.99 Å². The summed E-state index contributed by atoms with van der Waals surface area (Å²) in [5.74, 6) is 2.68. The summed E-state index contributed by atoms with van der Waals surface area (Å²) in [6.07, 6.45) is 1.11. The molecule has 0 amide bonds. The van der Waals surface area contributed by atoms with Crippen molar-refractivity contribution < 1.29 is 9.26 Å². The number of aliphatic imine (C=N–C) groups is 1. The molecule has 2 aromatic rings. The summed E-state index contributed by atoms with van der Waals surface area (Å²) in [7, 11) is 0. The zero-order valence-corrected chi connectivity index (χ0v) is 20.8. The first-order valence-electron chi connectivity index (χ1n) is 10.4. The summed E-state index contributed by atoms with van der Waals surface area (Å²) in [6.45, 7) is 12.8. The molecule has 1 aromatic heterocycles. The molecular weight excluding hydrogens is 493 g/mol. The van der Waals surface area contributed by atoms with Crippen molar-refractivity contribution in [1.82, 2.24) is 20.4 Å². The number of halogens is 1. The van der Waals surface area contributed by atoms with Gasteiger partial charge in [0.2, 0.25) is 5.89 Å². The highest BCUT2D eigenvalue weighted by Gasteiger charge is 2.25. The predicted octanol–water partition coefficient (Wildman–Crippen LogP) is 3.99. The van der Waals surface area contributed by atoms with Crippen LogP contribution in [-0.4, -0.2) is 47.2 Å².